The average Bonchev–Trinajstić information content (AvgIpc) is 2.95. The van der Waals surface area contributed by atoms with Crippen LogP contribution in [0.3, 0.4) is 0 Å². The standard InChI is InChI=1S/C16H27N3O3/c1-16(2,3)22-15(20)19-8-12-6-4-5-7-14(12)18-10-13-9-17-11-21-13/h9,11-12,14,18H,4-8,10H2,1-3H3,(H,19,20). The molecule has 2 unspecified atom stereocenters. The average molecular weight is 309 g/mol. The fourth-order valence-electron chi connectivity index (χ4n) is 2.81. The van der Waals surface area contributed by atoms with Crippen LogP contribution in [0.4, 0.5) is 4.79 Å². The molecule has 1 amide bonds. The number of amides is 1. The highest BCUT2D eigenvalue weighted by molar-refractivity contribution is 5.67. The van der Waals surface area contributed by atoms with Crippen LogP contribution >= 0.6 is 0 Å². The lowest BCUT2D eigenvalue weighted by atomic mass is 9.84. The fraction of sp³-hybridized carbons (Fsp3) is 0.750. The van der Waals surface area contributed by atoms with Gasteiger partial charge in [0.15, 0.2) is 6.39 Å². The first-order chi connectivity index (χ1) is 10.4. The molecule has 2 rings (SSSR count). The summed E-state index contributed by atoms with van der Waals surface area (Å²) < 4.78 is 10.5. The predicted molar refractivity (Wildman–Crippen MR) is 83.3 cm³/mol. The molecule has 1 fully saturated rings. The molecule has 0 bridgehead atoms. The van der Waals surface area contributed by atoms with E-state index in [1.165, 1.54) is 19.2 Å². The number of nitrogens with one attached hydrogen (secondary N) is 2. The van der Waals surface area contributed by atoms with E-state index in [4.69, 9.17) is 9.15 Å². The summed E-state index contributed by atoms with van der Waals surface area (Å²) in [7, 11) is 0. The molecule has 1 aromatic rings. The van der Waals surface area contributed by atoms with Gasteiger partial charge in [0.1, 0.15) is 11.4 Å². The van der Waals surface area contributed by atoms with Gasteiger partial charge in [0.2, 0.25) is 0 Å². The summed E-state index contributed by atoms with van der Waals surface area (Å²) in [5.41, 5.74) is -0.458. The Bertz CT molecular complexity index is 454. The second kappa shape index (κ2) is 7.63. The molecule has 1 saturated carbocycles. The van der Waals surface area contributed by atoms with Crippen molar-refractivity contribution in [3.8, 4) is 0 Å². The van der Waals surface area contributed by atoms with Gasteiger partial charge in [0.25, 0.3) is 0 Å². The van der Waals surface area contributed by atoms with Crippen molar-refractivity contribution >= 4 is 6.09 Å². The van der Waals surface area contributed by atoms with Crippen LogP contribution in [0.15, 0.2) is 17.0 Å². The summed E-state index contributed by atoms with van der Waals surface area (Å²) in [6.45, 7) is 6.93. The smallest absolute Gasteiger partial charge is 0.407 e. The van der Waals surface area contributed by atoms with E-state index < -0.39 is 5.60 Å². The van der Waals surface area contributed by atoms with E-state index in [0.717, 1.165) is 18.6 Å². The zero-order valence-electron chi connectivity index (χ0n) is 13.7. The van der Waals surface area contributed by atoms with Crippen molar-refractivity contribution in [3.05, 3.63) is 18.4 Å². The van der Waals surface area contributed by atoms with Gasteiger partial charge in [-0.15, -0.1) is 0 Å². The molecular formula is C16H27N3O3. The summed E-state index contributed by atoms with van der Waals surface area (Å²) in [5.74, 6) is 1.26. The molecule has 22 heavy (non-hydrogen) atoms. The number of nitrogens with zero attached hydrogens (tertiary/aromatic N) is 1. The summed E-state index contributed by atoms with van der Waals surface area (Å²) >= 11 is 0. The molecule has 0 saturated heterocycles. The van der Waals surface area contributed by atoms with Crippen LogP contribution in [0.25, 0.3) is 0 Å². The maximum atomic E-state index is 11.8. The normalized spacial score (nSPS) is 22.3. The zero-order chi connectivity index (χ0) is 16.0. The Morgan fingerprint density at radius 1 is 1.41 bits per heavy atom. The second-order valence-corrected chi connectivity index (χ2v) is 6.88. The van der Waals surface area contributed by atoms with Crippen molar-refractivity contribution < 1.29 is 13.9 Å². The first-order valence-electron chi connectivity index (χ1n) is 8.01. The van der Waals surface area contributed by atoms with E-state index in [2.05, 4.69) is 15.6 Å². The third kappa shape index (κ3) is 5.67. The molecule has 1 aromatic heterocycles. The largest absolute Gasteiger partial charge is 0.447 e. The van der Waals surface area contributed by atoms with Crippen LogP contribution in [-0.4, -0.2) is 29.3 Å². The third-order valence-electron chi connectivity index (χ3n) is 3.84. The number of rotatable bonds is 5. The fourth-order valence-corrected chi connectivity index (χ4v) is 2.81. The Hall–Kier alpha value is -1.56. The van der Waals surface area contributed by atoms with Crippen LogP contribution in [0.5, 0.6) is 0 Å². The molecular weight excluding hydrogens is 282 g/mol. The topological polar surface area (TPSA) is 76.4 Å². The molecule has 124 valence electrons. The van der Waals surface area contributed by atoms with Gasteiger partial charge in [-0.3, -0.25) is 0 Å². The van der Waals surface area contributed by atoms with E-state index in [-0.39, 0.29) is 6.09 Å². The number of aromatic nitrogens is 1. The van der Waals surface area contributed by atoms with Crippen molar-refractivity contribution in [2.24, 2.45) is 5.92 Å². The van der Waals surface area contributed by atoms with E-state index >= 15 is 0 Å². The minimum absolute atomic E-state index is 0.341. The van der Waals surface area contributed by atoms with E-state index in [9.17, 15) is 4.79 Å². The maximum Gasteiger partial charge on any atom is 0.407 e. The molecule has 0 aliphatic heterocycles. The number of hydrogen-bond donors (Lipinski definition) is 2. The Balaban J connectivity index is 1.78. The summed E-state index contributed by atoms with van der Waals surface area (Å²) in [6.07, 6.45) is 7.49. The number of carbonyl (C=O) groups excluding carboxylic acids is 1. The van der Waals surface area contributed by atoms with Crippen LogP contribution < -0.4 is 10.6 Å². The number of carbonyl (C=O) groups is 1. The molecule has 0 radical (unpaired) electrons. The lowest BCUT2D eigenvalue weighted by Gasteiger charge is -2.32. The van der Waals surface area contributed by atoms with E-state index in [0.29, 0.717) is 25.0 Å². The van der Waals surface area contributed by atoms with Gasteiger partial charge >= 0.3 is 6.09 Å². The molecule has 6 nitrogen and oxygen atoms in total. The SMILES string of the molecule is CC(C)(C)OC(=O)NCC1CCCCC1NCc1cnco1. The summed E-state index contributed by atoms with van der Waals surface area (Å²) in [6, 6.07) is 0.383. The quantitative estimate of drug-likeness (QED) is 0.874. The van der Waals surface area contributed by atoms with Gasteiger partial charge in [-0.1, -0.05) is 12.8 Å². The highest BCUT2D eigenvalue weighted by Gasteiger charge is 2.26. The van der Waals surface area contributed by atoms with Gasteiger partial charge in [0, 0.05) is 12.6 Å². The Morgan fingerprint density at radius 3 is 2.86 bits per heavy atom. The molecule has 0 spiro atoms. The molecule has 6 heteroatoms. The second-order valence-electron chi connectivity index (χ2n) is 6.88. The lowest BCUT2D eigenvalue weighted by molar-refractivity contribution is 0.0510. The van der Waals surface area contributed by atoms with Gasteiger partial charge in [0.05, 0.1) is 12.7 Å². The predicted octanol–water partition coefficient (Wildman–Crippen LogP) is 2.85. The minimum Gasteiger partial charge on any atom is -0.447 e. The van der Waals surface area contributed by atoms with E-state index in [1.54, 1.807) is 6.20 Å². The lowest BCUT2D eigenvalue weighted by Crippen LogP contribution is -2.44. The van der Waals surface area contributed by atoms with Gasteiger partial charge < -0.3 is 19.8 Å². The van der Waals surface area contributed by atoms with Crippen LogP contribution in [0.1, 0.15) is 52.2 Å². The van der Waals surface area contributed by atoms with Crippen molar-refractivity contribution in [3.63, 3.8) is 0 Å². The van der Waals surface area contributed by atoms with Gasteiger partial charge in [-0.2, -0.15) is 0 Å². The van der Waals surface area contributed by atoms with Crippen molar-refractivity contribution in [2.75, 3.05) is 6.54 Å². The molecule has 2 N–H and O–H groups in total. The minimum atomic E-state index is -0.458. The molecule has 1 aliphatic rings. The summed E-state index contributed by atoms with van der Waals surface area (Å²) in [5, 5.41) is 6.42. The zero-order valence-corrected chi connectivity index (χ0v) is 13.7. The number of oxazole rings is 1. The van der Waals surface area contributed by atoms with Crippen LogP contribution in [-0.2, 0) is 11.3 Å². The highest BCUT2D eigenvalue weighted by Crippen LogP contribution is 2.24. The monoisotopic (exact) mass is 309 g/mol. The first kappa shape index (κ1) is 16.8. The van der Waals surface area contributed by atoms with Gasteiger partial charge in [-0.05, 0) is 39.5 Å². The third-order valence-corrected chi connectivity index (χ3v) is 3.84. The van der Waals surface area contributed by atoms with E-state index in [1.807, 2.05) is 20.8 Å². The van der Waals surface area contributed by atoms with Crippen molar-refractivity contribution in [2.45, 2.75) is 64.6 Å². The molecule has 1 aliphatic carbocycles. The number of ether oxygens (including phenoxy) is 1. The molecule has 0 aromatic carbocycles. The molecule has 1 heterocycles. The summed E-state index contributed by atoms with van der Waals surface area (Å²) in [4.78, 5) is 15.7. The number of hydrogen-bond acceptors (Lipinski definition) is 5. The first-order valence-corrected chi connectivity index (χ1v) is 8.01. The molecule has 2 atom stereocenters. The van der Waals surface area contributed by atoms with Crippen LogP contribution in [0, 0.1) is 5.92 Å². The van der Waals surface area contributed by atoms with Crippen molar-refractivity contribution in [1.29, 1.82) is 0 Å². The maximum absolute atomic E-state index is 11.8. The highest BCUT2D eigenvalue weighted by atomic mass is 16.6. The Morgan fingerprint density at radius 2 is 2.18 bits per heavy atom. The van der Waals surface area contributed by atoms with Gasteiger partial charge in [-0.25, -0.2) is 9.78 Å². The Kier molecular flexibility index (Phi) is 5.83. The van der Waals surface area contributed by atoms with Crippen molar-refractivity contribution in [1.82, 2.24) is 15.6 Å². The van der Waals surface area contributed by atoms with Crippen LogP contribution in [0.2, 0.25) is 0 Å². The Labute approximate surface area is 132 Å². The number of alkyl carbamates (subject to hydrolysis) is 1.